The number of halogens is 10. The van der Waals surface area contributed by atoms with Crippen LogP contribution in [0.15, 0.2) is 18.2 Å². The maximum absolute atomic E-state index is 13.4. The predicted molar refractivity (Wildman–Crippen MR) is 71.3 cm³/mol. The number of hydrogen-bond acceptors (Lipinski definition) is 2. The summed E-state index contributed by atoms with van der Waals surface area (Å²) >= 11 is 11.0. The number of carbonyl (C=O) groups excluding carboxylic acids is 2. The third-order valence-corrected chi connectivity index (χ3v) is 3.32. The number of carbonyl (C=O) groups is 2. The molecule has 1 atom stereocenters. The van der Waals surface area contributed by atoms with Crippen LogP contribution in [0.25, 0.3) is 0 Å². The number of ketones is 2. The van der Waals surface area contributed by atoms with Gasteiger partial charge in [-0.25, -0.2) is 4.39 Å². The lowest BCUT2D eigenvalue weighted by Gasteiger charge is -2.28. The van der Waals surface area contributed by atoms with Gasteiger partial charge in [0.1, 0.15) is 0 Å². The summed E-state index contributed by atoms with van der Waals surface area (Å²) in [6.45, 7) is 0. The quantitative estimate of drug-likeness (QED) is 0.358. The maximum Gasteiger partial charge on any atom is 0.425 e. The van der Waals surface area contributed by atoms with E-state index in [9.17, 15) is 44.7 Å². The molecular weight excluding hydrogens is 411 g/mol. The molecule has 0 bridgehead atoms. The lowest BCUT2D eigenvalue weighted by atomic mass is 9.96. The first kappa shape index (κ1) is 21.6. The molecule has 0 fully saturated rings. The molecule has 1 rings (SSSR count). The van der Waals surface area contributed by atoms with Crippen LogP contribution in [-0.4, -0.2) is 35.8 Å². The van der Waals surface area contributed by atoms with Crippen molar-refractivity contribution in [1.29, 1.82) is 0 Å². The van der Waals surface area contributed by atoms with Crippen molar-refractivity contribution in [3.05, 3.63) is 33.8 Å². The van der Waals surface area contributed by atoms with Gasteiger partial charge in [-0.1, -0.05) is 23.2 Å². The van der Waals surface area contributed by atoms with Gasteiger partial charge in [0, 0.05) is 15.6 Å². The Morgan fingerprint density at radius 1 is 0.920 bits per heavy atom. The number of benzene rings is 1. The van der Waals surface area contributed by atoms with Crippen LogP contribution in [0, 0.1) is 0 Å². The van der Waals surface area contributed by atoms with Gasteiger partial charge in [0.25, 0.3) is 6.17 Å². The zero-order valence-electron chi connectivity index (χ0n) is 11.6. The summed E-state index contributed by atoms with van der Waals surface area (Å²) in [5.41, 5.74) is -0.516. The second-order valence-electron chi connectivity index (χ2n) is 4.78. The highest BCUT2D eigenvalue weighted by Crippen LogP contribution is 2.45. The molecule has 0 aliphatic carbocycles. The summed E-state index contributed by atoms with van der Waals surface area (Å²) in [5.74, 6) is -16.8. The van der Waals surface area contributed by atoms with Gasteiger partial charge in [0.05, 0.1) is 6.42 Å². The van der Waals surface area contributed by atoms with E-state index in [4.69, 9.17) is 23.2 Å². The van der Waals surface area contributed by atoms with Gasteiger partial charge in [-0.15, -0.1) is 0 Å². The molecule has 0 aliphatic heterocycles. The van der Waals surface area contributed by atoms with Crippen molar-refractivity contribution in [3.63, 3.8) is 0 Å². The van der Waals surface area contributed by atoms with Crippen LogP contribution >= 0.6 is 23.2 Å². The largest absolute Gasteiger partial charge is 0.425 e. The summed E-state index contributed by atoms with van der Waals surface area (Å²) in [5, 5.41) is -0.303. The standard InChI is InChI=1S/C13H6Cl2F8O2/c14-6-1-5(2-7(15)3-6)8(24)4-9(25)11(17,18)12(19,20)10(16)13(21,22)23/h1-3,10H,4H2. The number of rotatable bonds is 6. The molecule has 0 saturated heterocycles. The van der Waals surface area contributed by atoms with Gasteiger partial charge in [0.15, 0.2) is 5.78 Å². The molecule has 0 saturated carbocycles. The Hall–Kier alpha value is -1.42. The molecule has 0 spiro atoms. The Morgan fingerprint density at radius 2 is 1.36 bits per heavy atom. The SMILES string of the molecule is O=C(CC(=O)C(F)(F)C(F)(F)C(F)C(F)(F)F)c1cc(Cl)cc(Cl)c1. The van der Waals surface area contributed by atoms with Crippen LogP contribution in [0.2, 0.25) is 10.0 Å². The fourth-order valence-corrected chi connectivity index (χ4v) is 2.15. The fourth-order valence-electron chi connectivity index (χ4n) is 1.62. The van der Waals surface area contributed by atoms with E-state index in [-0.39, 0.29) is 10.0 Å². The Morgan fingerprint density at radius 3 is 1.76 bits per heavy atom. The predicted octanol–water partition coefficient (Wildman–Crippen LogP) is 5.31. The second-order valence-corrected chi connectivity index (χ2v) is 5.66. The van der Waals surface area contributed by atoms with E-state index in [1.165, 1.54) is 0 Å². The van der Waals surface area contributed by atoms with Crippen molar-refractivity contribution in [2.45, 2.75) is 30.6 Å². The minimum atomic E-state index is -6.39. The van der Waals surface area contributed by atoms with Crippen molar-refractivity contribution < 1.29 is 44.7 Å². The van der Waals surface area contributed by atoms with Crippen molar-refractivity contribution in [1.82, 2.24) is 0 Å². The van der Waals surface area contributed by atoms with Crippen LogP contribution in [0.3, 0.4) is 0 Å². The molecule has 140 valence electrons. The van der Waals surface area contributed by atoms with Gasteiger partial charge in [0.2, 0.25) is 5.78 Å². The highest BCUT2D eigenvalue weighted by atomic mass is 35.5. The van der Waals surface area contributed by atoms with Gasteiger partial charge in [-0.2, -0.15) is 30.7 Å². The minimum absolute atomic E-state index is 0.152. The zero-order valence-corrected chi connectivity index (χ0v) is 13.1. The second kappa shape index (κ2) is 7.06. The lowest BCUT2D eigenvalue weighted by Crippen LogP contribution is -2.57. The number of Topliss-reactive ketones (excluding diaryl/α,β-unsaturated/α-hetero) is 2. The van der Waals surface area contributed by atoms with Gasteiger partial charge >= 0.3 is 18.0 Å². The summed E-state index contributed by atoms with van der Waals surface area (Å²) in [6.07, 6.45) is -13.5. The Labute approximate surface area is 144 Å². The van der Waals surface area contributed by atoms with Crippen LogP contribution < -0.4 is 0 Å². The fraction of sp³-hybridized carbons (Fsp3) is 0.385. The van der Waals surface area contributed by atoms with Gasteiger partial charge in [-0.3, -0.25) is 9.59 Å². The smallest absolute Gasteiger partial charge is 0.294 e. The average molecular weight is 417 g/mol. The van der Waals surface area contributed by atoms with Crippen molar-refractivity contribution >= 4 is 34.8 Å². The summed E-state index contributed by atoms with van der Waals surface area (Å²) in [6, 6.07) is 2.86. The molecule has 0 aliphatic rings. The van der Waals surface area contributed by atoms with E-state index >= 15 is 0 Å². The Bertz CT molecular complexity index is 667. The Kier molecular flexibility index (Phi) is 6.11. The monoisotopic (exact) mass is 416 g/mol. The molecule has 1 aromatic rings. The summed E-state index contributed by atoms with van der Waals surface area (Å²) < 4.78 is 101. The molecule has 1 aromatic carbocycles. The highest BCUT2D eigenvalue weighted by Gasteiger charge is 2.72. The average Bonchev–Trinajstić information content (AvgIpc) is 2.43. The van der Waals surface area contributed by atoms with Crippen LogP contribution in [0.5, 0.6) is 0 Å². The van der Waals surface area contributed by atoms with E-state index in [2.05, 4.69) is 0 Å². The van der Waals surface area contributed by atoms with Crippen LogP contribution in [0.1, 0.15) is 16.8 Å². The first-order valence-electron chi connectivity index (χ1n) is 6.09. The first-order chi connectivity index (χ1) is 11.1. The molecule has 1 unspecified atom stereocenters. The van der Waals surface area contributed by atoms with Crippen LogP contribution in [-0.2, 0) is 4.79 Å². The topological polar surface area (TPSA) is 34.1 Å². The molecule has 0 radical (unpaired) electrons. The Balaban J connectivity index is 3.06. The van der Waals surface area contributed by atoms with Crippen LogP contribution in [0.4, 0.5) is 35.1 Å². The minimum Gasteiger partial charge on any atom is -0.294 e. The van der Waals surface area contributed by atoms with Gasteiger partial charge in [-0.05, 0) is 18.2 Å². The van der Waals surface area contributed by atoms with Crippen molar-refractivity contribution in [2.24, 2.45) is 0 Å². The van der Waals surface area contributed by atoms with Crippen molar-refractivity contribution in [3.8, 4) is 0 Å². The van der Waals surface area contributed by atoms with E-state index in [1.54, 1.807) is 0 Å². The highest BCUT2D eigenvalue weighted by molar-refractivity contribution is 6.35. The number of hydrogen-bond donors (Lipinski definition) is 0. The molecular formula is C13H6Cl2F8O2. The summed E-state index contributed by atoms with van der Waals surface area (Å²) in [7, 11) is 0. The molecule has 0 aromatic heterocycles. The molecule has 0 N–H and O–H groups in total. The molecule has 0 amide bonds. The summed E-state index contributed by atoms with van der Waals surface area (Å²) in [4.78, 5) is 22.9. The zero-order chi connectivity index (χ0) is 19.8. The molecule has 2 nitrogen and oxygen atoms in total. The first-order valence-corrected chi connectivity index (χ1v) is 6.85. The molecule has 12 heteroatoms. The molecule has 25 heavy (non-hydrogen) atoms. The normalized spacial score (nSPS) is 14.3. The lowest BCUT2D eigenvalue weighted by molar-refractivity contribution is -0.296. The van der Waals surface area contributed by atoms with E-state index in [0.29, 0.717) is 0 Å². The van der Waals surface area contributed by atoms with E-state index in [1.807, 2.05) is 0 Å². The van der Waals surface area contributed by atoms with E-state index in [0.717, 1.165) is 18.2 Å². The third kappa shape index (κ3) is 4.60. The number of alkyl halides is 8. The van der Waals surface area contributed by atoms with Gasteiger partial charge < -0.3 is 0 Å². The maximum atomic E-state index is 13.4. The third-order valence-electron chi connectivity index (χ3n) is 2.88. The van der Waals surface area contributed by atoms with E-state index < -0.39 is 47.7 Å². The molecule has 0 heterocycles. The van der Waals surface area contributed by atoms with Crippen molar-refractivity contribution in [2.75, 3.05) is 0 Å².